The van der Waals surface area contributed by atoms with Crippen molar-refractivity contribution in [2.75, 3.05) is 11.4 Å². The SMILES string of the molecule is COc1ccc(C2C(C#N)=C(N)OC3=C2S(=O)(=O)N(Cc2ccccc2C)c2ccccc23)cc1. The number of ether oxygens (including phenoxy) is 2. The van der Waals surface area contributed by atoms with Gasteiger partial charge in [0.25, 0.3) is 10.0 Å². The molecular formula is C27H23N3O4S. The van der Waals surface area contributed by atoms with Crippen LogP contribution in [0.15, 0.2) is 89.2 Å². The van der Waals surface area contributed by atoms with Gasteiger partial charge >= 0.3 is 0 Å². The summed E-state index contributed by atoms with van der Waals surface area (Å²) < 4.78 is 41.1. The van der Waals surface area contributed by atoms with Crippen molar-refractivity contribution in [3.63, 3.8) is 0 Å². The van der Waals surface area contributed by atoms with Gasteiger partial charge in [0.1, 0.15) is 22.3 Å². The number of nitriles is 1. The Morgan fingerprint density at radius 3 is 2.43 bits per heavy atom. The number of nitrogens with two attached hydrogens (primary N) is 1. The van der Waals surface area contributed by atoms with Crippen LogP contribution < -0.4 is 14.8 Å². The van der Waals surface area contributed by atoms with E-state index in [0.717, 1.165) is 11.1 Å². The molecular weight excluding hydrogens is 462 g/mol. The Balaban J connectivity index is 1.75. The fourth-order valence-corrected chi connectivity index (χ4v) is 6.45. The molecule has 2 N–H and O–H groups in total. The maximum absolute atomic E-state index is 14.3. The molecule has 0 bridgehead atoms. The second-order valence-corrected chi connectivity index (χ2v) is 10.2. The first-order valence-corrected chi connectivity index (χ1v) is 12.4. The Morgan fingerprint density at radius 1 is 1.06 bits per heavy atom. The third-order valence-corrected chi connectivity index (χ3v) is 8.27. The second-order valence-electron chi connectivity index (χ2n) is 8.35. The number of hydrogen-bond donors (Lipinski definition) is 1. The molecule has 2 aliphatic heterocycles. The van der Waals surface area contributed by atoms with Gasteiger partial charge in [0.2, 0.25) is 5.88 Å². The topological polar surface area (TPSA) is 106 Å². The van der Waals surface area contributed by atoms with Gasteiger partial charge < -0.3 is 15.2 Å². The van der Waals surface area contributed by atoms with Crippen molar-refractivity contribution in [2.24, 2.45) is 5.73 Å². The summed E-state index contributed by atoms with van der Waals surface area (Å²) in [6.07, 6.45) is 0. The molecule has 2 heterocycles. The van der Waals surface area contributed by atoms with Gasteiger partial charge in [-0.2, -0.15) is 5.26 Å². The lowest BCUT2D eigenvalue weighted by Crippen LogP contribution is -2.39. The van der Waals surface area contributed by atoms with Gasteiger partial charge in [0.05, 0.1) is 25.3 Å². The number of hydrogen-bond acceptors (Lipinski definition) is 6. The van der Waals surface area contributed by atoms with E-state index < -0.39 is 15.9 Å². The standard InChI is InChI=1S/C27H23N3O4S/c1-17-7-3-4-8-19(17)16-30-23-10-6-5-9-21(23)25-26(35(30,31)32)24(22(15-28)27(29)34-25)18-11-13-20(33-2)14-12-18/h3-14,24H,16,29H2,1-2H3. The Morgan fingerprint density at radius 2 is 1.74 bits per heavy atom. The predicted molar refractivity (Wildman–Crippen MR) is 133 cm³/mol. The van der Waals surface area contributed by atoms with Gasteiger partial charge in [-0.05, 0) is 47.9 Å². The number of allylic oxidation sites excluding steroid dienone is 2. The van der Waals surface area contributed by atoms with Crippen molar-refractivity contribution in [3.05, 3.63) is 111 Å². The molecule has 0 amide bonds. The largest absolute Gasteiger partial charge is 0.497 e. The van der Waals surface area contributed by atoms with E-state index in [1.807, 2.05) is 37.3 Å². The molecule has 3 aromatic carbocycles. The van der Waals surface area contributed by atoms with Crippen molar-refractivity contribution < 1.29 is 17.9 Å². The van der Waals surface area contributed by atoms with E-state index >= 15 is 0 Å². The first-order chi connectivity index (χ1) is 16.9. The number of methoxy groups -OCH3 is 1. The predicted octanol–water partition coefficient (Wildman–Crippen LogP) is 4.53. The van der Waals surface area contributed by atoms with Crippen LogP contribution >= 0.6 is 0 Å². The molecule has 176 valence electrons. The van der Waals surface area contributed by atoms with Crippen LogP contribution in [0.5, 0.6) is 5.75 Å². The summed E-state index contributed by atoms with van der Waals surface area (Å²) in [5.74, 6) is -0.265. The van der Waals surface area contributed by atoms with Crippen LogP contribution in [0.1, 0.15) is 28.2 Å². The highest BCUT2D eigenvalue weighted by molar-refractivity contribution is 7.96. The summed E-state index contributed by atoms with van der Waals surface area (Å²) in [6, 6.07) is 23.8. The Kier molecular flexibility index (Phi) is 5.50. The normalized spacial score (nSPS) is 18.3. The minimum atomic E-state index is -4.12. The zero-order valence-electron chi connectivity index (χ0n) is 19.2. The Hall–Kier alpha value is -4.22. The number of nitrogens with zero attached hydrogens (tertiary/aromatic N) is 2. The van der Waals surface area contributed by atoms with Crippen LogP contribution in [-0.4, -0.2) is 15.5 Å². The highest BCUT2D eigenvalue weighted by atomic mass is 32.2. The summed E-state index contributed by atoms with van der Waals surface area (Å²) >= 11 is 0. The monoisotopic (exact) mass is 485 g/mol. The number of fused-ring (bicyclic) bond motifs is 2. The third-order valence-electron chi connectivity index (χ3n) is 6.38. The van der Waals surface area contributed by atoms with Crippen LogP contribution in [0, 0.1) is 18.3 Å². The summed E-state index contributed by atoms with van der Waals surface area (Å²) in [6.45, 7) is 2.09. The maximum atomic E-state index is 14.3. The first-order valence-electron chi connectivity index (χ1n) is 11.0. The van der Waals surface area contributed by atoms with E-state index in [-0.39, 0.29) is 28.7 Å². The van der Waals surface area contributed by atoms with Gasteiger partial charge in [-0.1, -0.05) is 48.5 Å². The number of benzene rings is 3. The van der Waals surface area contributed by atoms with Gasteiger partial charge in [0.15, 0.2) is 5.76 Å². The summed E-state index contributed by atoms with van der Waals surface area (Å²) in [5, 5.41) is 9.96. The minimum absolute atomic E-state index is 0.000649. The molecule has 0 saturated heterocycles. The Labute approximate surface area is 204 Å². The lowest BCUT2D eigenvalue weighted by molar-refractivity contribution is 0.357. The molecule has 2 aliphatic rings. The van der Waals surface area contributed by atoms with Crippen LogP contribution in [0.3, 0.4) is 0 Å². The molecule has 0 fully saturated rings. The molecule has 8 heteroatoms. The quantitative estimate of drug-likeness (QED) is 0.582. The number of sulfonamides is 1. The van der Waals surface area contributed by atoms with E-state index in [9.17, 15) is 13.7 Å². The van der Waals surface area contributed by atoms with Crippen molar-refractivity contribution in [1.82, 2.24) is 0 Å². The summed E-state index contributed by atoms with van der Waals surface area (Å²) in [7, 11) is -2.57. The molecule has 0 radical (unpaired) electrons. The second kappa shape index (κ2) is 8.53. The smallest absolute Gasteiger partial charge is 0.265 e. The van der Waals surface area contributed by atoms with Crippen LogP contribution in [0.4, 0.5) is 5.69 Å². The molecule has 35 heavy (non-hydrogen) atoms. The van der Waals surface area contributed by atoms with E-state index in [1.165, 1.54) is 4.31 Å². The average molecular weight is 486 g/mol. The molecule has 0 spiro atoms. The van der Waals surface area contributed by atoms with Crippen LogP contribution in [0.2, 0.25) is 0 Å². The molecule has 1 atom stereocenters. The number of para-hydroxylation sites is 1. The van der Waals surface area contributed by atoms with E-state index in [2.05, 4.69) is 6.07 Å². The zero-order chi connectivity index (χ0) is 24.7. The van der Waals surface area contributed by atoms with Crippen LogP contribution in [0.25, 0.3) is 5.76 Å². The molecule has 0 saturated carbocycles. The molecule has 0 aromatic heterocycles. The fraction of sp³-hybridized carbons (Fsp3) is 0.148. The molecule has 0 aliphatic carbocycles. The molecule has 7 nitrogen and oxygen atoms in total. The molecule has 1 unspecified atom stereocenters. The van der Waals surface area contributed by atoms with Crippen molar-refractivity contribution in [1.29, 1.82) is 5.26 Å². The molecule has 3 aromatic rings. The van der Waals surface area contributed by atoms with E-state index in [4.69, 9.17) is 15.2 Å². The maximum Gasteiger partial charge on any atom is 0.265 e. The highest BCUT2D eigenvalue weighted by Gasteiger charge is 2.47. The summed E-state index contributed by atoms with van der Waals surface area (Å²) in [4.78, 5) is 0.000649. The average Bonchev–Trinajstić information content (AvgIpc) is 2.87. The van der Waals surface area contributed by atoms with Gasteiger partial charge in [-0.3, -0.25) is 4.31 Å². The van der Waals surface area contributed by atoms with Gasteiger partial charge in [0, 0.05) is 5.56 Å². The third kappa shape index (κ3) is 3.61. The van der Waals surface area contributed by atoms with E-state index in [1.54, 1.807) is 49.6 Å². The number of aryl methyl sites for hydroxylation is 1. The molecule has 5 rings (SSSR count). The lowest BCUT2D eigenvalue weighted by atomic mass is 9.88. The van der Waals surface area contributed by atoms with Gasteiger partial charge in [-0.25, -0.2) is 8.42 Å². The van der Waals surface area contributed by atoms with E-state index in [0.29, 0.717) is 22.6 Å². The zero-order valence-corrected chi connectivity index (χ0v) is 20.0. The fourth-order valence-electron chi connectivity index (χ4n) is 4.55. The Bertz CT molecular complexity index is 1530. The first kappa shape index (κ1) is 22.6. The minimum Gasteiger partial charge on any atom is -0.497 e. The lowest BCUT2D eigenvalue weighted by Gasteiger charge is -2.38. The number of rotatable bonds is 4. The van der Waals surface area contributed by atoms with Crippen molar-refractivity contribution in [3.8, 4) is 11.8 Å². The van der Waals surface area contributed by atoms with Crippen LogP contribution in [-0.2, 0) is 21.3 Å². The summed E-state index contributed by atoms with van der Waals surface area (Å²) in [5.41, 5.74) is 9.77. The van der Waals surface area contributed by atoms with Crippen molar-refractivity contribution in [2.45, 2.75) is 19.4 Å². The highest BCUT2D eigenvalue weighted by Crippen LogP contribution is 2.51. The number of anilines is 1. The van der Waals surface area contributed by atoms with Crippen molar-refractivity contribution >= 4 is 21.5 Å². The van der Waals surface area contributed by atoms with Gasteiger partial charge in [-0.15, -0.1) is 0 Å².